The minimum atomic E-state index is 0.0909. The van der Waals surface area contributed by atoms with Gasteiger partial charge in [-0.3, -0.25) is 14.5 Å². The number of aromatic nitrogens is 3. The minimum Gasteiger partial charge on any atom is -0.396 e. The Kier molecular flexibility index (Phi) is 5.18. The molecular formula is C19H26N4O2. The van der Waals surface area contributed by atoms with Crippen molar-refractivity contribution in [3.05, 3.63) is 47.0 Å². The van der Waals surface area contributed by atoms with E-state index in [2.05, 4.69) is 10.1 Å². The maximum absolute atomic E-state index is 12.7. The number of aryl methyl sites for hydroxylation is 2. The molecule has 2 aromatic rings. The van der Waals surface area contributed by atoms with Crippen LogP contribution >= 0.6 is 0 Å². The number of carbonyl (C=O) groups is 1. The first-order valence-corrected chi connectivity index (χ1v) is 8.79. The van der Waals surface area contributed by atoms with Crippen LogP contribution < -0.4 is 0 Å². The molecule has 0 aliphatic carbocycles. The zero-order chi connectivity index (χ0) is 18.0. The lowest BCUT2D eigenvalue weighted by atomic mass is 9.90. The van der Waals surface area contributed by atoms with Gasteiger partial charge in [0, 0.05) is 63.1 Å². The fourth-order valence-electron chi connectivity index (χ4n) is 3.82. The number of rotatable bonds is 5. The Morgan fingerprint density at radius 2 is 2.00 bits per heavy atom. The van der Waals surface area contributed by atoms with Crippen molar-refractivity contribution in [1.29, 1.82) is 0 Å². The highest BCUT2D eigenvalue weighted by molar-refractivity contribution is 5.77. The third-order valence-electron chi connectivity index (χ3n) is 5.41. The molecule has 1 N–H and O–H groups in total. The number of carbonyl (C=O) groups excluding carboxylic acids is 1. The molecule has 0 unspecified atom stereocenters. The number of amides is 1. The van der Waals surface area contributed by atoms with Gasteiger partial charge in [-0.25, -0.2) is 0 Å². The third kappa shape index (κ3) is 3.58. The molecule has 2 atom stereocenters. The molecule has 1 saturated heterocycles. The Hall–Kier alpha value is -2.21. The summed E-state index contributed by atoms with van der Waals surface area (Å²) in [7, 11) is 1.93. The Morgan fingerprint density at radius 1 is 1.28 bits per heavy atom. The number of likely N-dealkylation sites (tertiary alicyclic amines) is 1. The van der Waals surface area contributed by atoms with E-state index in [9.17, 15) is 9.90 Å². The molecule has 6 nitrogen and oxygen atoms in total. The molecule has 0 radical (unpaired) electrons. The Bertz CT molecular complexity index is 741. The van der Waals surface area contributed by atoms with E-state index in [0.717, 1.165) is 17.0 Å². The van der Waals surface area contributed by atoms with Gasteiger partial charge in [-0.1, -0.05) is 0 Å². The van der Waals surface area contributed by atoms with Crippen LogP contribution in [0.15, 0.2) is 24.5 Å². The maximum Gasteiger partial charge on any atom is 0.222 e. The lowest BCUT2D eigenvalue weighted by Gasteiger charge is -2.16. The van der Waals surface area contributed by atoms with E-state index in [1.54, 1.807) is 12.4 Å². The van der Waals surface area contributed by atoms with Gasteiger partial charge in [0.2, 0.25) is 5.91 Å². The molecule has 1 fully saturated rings. The molecule has 0 bridgehead atoms. The second-order valence-electron chi connectivity index (χ2n) is 6.90. The van der Waals surface area contributed by atoms with Gasteiger partial charge in [0.05, 0.1) is 5.69 Å². The maximum atomic E-state index is 12.7. The van der Waals surface area contributed by atoms with Crippen molar-refractivity contribution in [3.63, 3.8) is 0 Å². The monoisotopic (exact) mass is 342 g/mol. The Balaban J connectivity index is 1.65. The van der Waals surface area contributed by atoms with Gasteiger partial charge in [-0.15, -0.1) is 0 Å². The van der Waals surface area contributed by atoms with Crippen LogP contribution in [0, 0.1) is 19.8 Å². The molecule has 1 aliphatic rings. The first kappa shape index (κ1) is 17.6. The van der Waals surface area contributed by atoms with Crippen molar-refractivity contribution < 1.29 is 9.90 Å². The van der Waals surface area contributed by atoms with Crippen molar-refractivity contribution in [1.82, 2.24) is 19.7 Å². The standard InChI is InChI=1S/C19H26N4O2/c1-13-17(14(2)22(3)21-13)4-5-19(25)23-10-16(12-24)18(11-23)15-6-8-20-9-7-15/h6-9,16,18,24H,4-5,10-12H2,1-3H3/t16-,18-/m0/s1. The summed E-state index contributed by atoms with van der Waals surface area (Å²) in [4.78, 5) is 18.6. The second kappa shape index (κ2) is 7.35. The van der Waals surface area contributed by atoms with Crippen molar-refractivity contribution in [2.45, 2.75) is 32.6 Å². The molecule has 6 heteroatoms. The SMILES string of the molecule is Cc1nn(C)c(C)c1CCC(=O)N1C[C@@H](CO)[C@H](c2ccncc2)C1. The van der Waals surface area contributed by atoms with Crippen molar-refractivity contribution in [2.75, 3.05) is 19.7 Å². The third-order valence-corrected chi connectivity index (χ3v) is 5.41. The van der Waals surface area contributed by atoms with Gasteiger partial charge >= 0.3 is 0 Å². The molecule has 2 aromatic heterocycles. The number of hydrogen-bond acceptors (Lipinski definition) is 4. The Morgan fingerprint density at radius 3 is 2.60 bits per heavy atom. The fraction of sp³-hybridized carbons (Fsp3) is 0.526. The summed E-state index contributed by atoms with van der Waals surface area (Å²) in [5, 5.41) is 14.1. The molecule has 3 rings (SSSR count). The van der Waals surface area contributed by atoms with Gasteiger partial charge in [-0.05, 0) is 43.5 Å². The number of aliphatic hydroxyl groups excluding tert-OH is 1. The fourth-order valence-corrected chi connectivity index (χ4v) is 3.82. The van der Waals surface area contributed by atoms with Crippen LogP contribution in [0.4, 0.5) is 0 Å². The first-order valence-electron chi connectivity index (χ1n) is 8.79. The number of nitrogens with zero attached hydrogens (tertiary/aromatic N) is 4. The highest BCUT2D eigenvalue weighted by atomic mass is 16.3. The highest BCUT2D eigenvalue weighted by Crippen LogP contribution is 2.32. The van der Waals surface area contributed by atoms with E-state index >= 15 is 0 Å². The van der Waals surface area contributed by atoms with Crippen molar-refractivity contribution in [2.24, 2.45) is 13.0 Å². The van der Waals surface area contributed by atoms with E-state index in [4.69, 9.17) is 0 Å². The van der Waals surface area contributed by atoms with Crippen LogP contribution in [0.5, 0.6) is 0 Å². The zero-order valence-corrected chi connectivity index (χ0v) is 15.1. The van der Waals surface area contributed by atoms with E-state index in [1.165, 1.54) is 5.56 Å². The summed E-state index contributed by atoms with van der Waals surface area (Å²) >= 11 is 0. The predicted molar refractivity (Wildman–Crippen MR) is 95.1 cm³/mol. The van der Waals surface area contributed by atoms with Gasteiger partial charge in [0.15, 0.2) is 0 Å². The van der Waals surface area contributed by atoms with Crippen LogP contribution in [0.2, 0.25) is 0 Å². The van der Waals surface area contributed by atoms with E-state index in [-0.39, 0.29) is 24.3 Å². The van der Waals surface area contributed by atoms with Crippen LogP contribution in [0.1, 0.15) is 34.9 Å². The van der Waals surface area contributed by atoms with E-state index in [0.29, 0.717) is 25.9 Å². The minimum absolute atomic E-state index is 0.0909. The largest absolute Gasteiger partial charge is 0.396 e. The van der Waals surface area contributed by atoms with Crippen molar-refractivity contribution >= 4 is 5.91 Å². The lowest BCUT2D eigenvalue weighted by Crippen LogP contribution is -2.29. The topological polar surface area (TPSA) is 71.2 Å². The average Bonchev–Trinajstić information content (AvgIpc) is 3.16. The summed E-state index contributed by atoms with van der Waals surface area (Å²) in [6, 6.07) is 3.95. The smallest absolute Gasteiger partial charge is 0.222 e. The first-order chi connectivity index (χ1) is 12.0. The molecule has 0 saturated carbocycles. The molecule has 134 valence electrons. The van der Waals surface area contributed by atoms with Crippen LogP contribution in [0.3, 0.4) is 0 Å². The summed E-state index contributed by atoms with van der Waals surface area (Å²) in [6.07, 6.45) is 4.73. The normalized spacial score (nSPS) is 20.2. The molecule has 0 aromatic carbocycles. The molecule has 25 heavy (non-hydrogen) atoms. The summed E-state index contributed by atoms with van der Waals surface area (Å²) in [5.41, 5.74) is 4.43. The summed E-state index contributed by atoms with van der Waals surface area (Å²) < 4.78 is 1.87. The molecule has 1 amide bonds. The zero-order valence-electron chi connectivity index (χ0n) is 15.1. The summed E-state index contributed by atoms with van der Waals surface area (Å²) in [6.45, 7) is 5.41. The Labute approximate surface area is 148 Å². The van der Waals surface area contributed by atoms with Crippen LogP contribution in [0.25, 0.3) is 0 Å². The number of hydrogen-bond donors (Lipinski definition) is 1. The average molecular weight is 342 g/mol. The van der Waals surface area contributed by atoms with Crippen LogP contribution in [-0.2, 0) is 18.3 Å². The quantitative estimate of drug-likeness (QED) is 0.896. The number of aliphatic hydroxyl groups is 1. The van der Waals surface area contributed by atoms with Gasteiger partial charge in [-0.2, -0.15) is 5.10 Å². The van der Waals surface area contributed by atoms with E-state index in [1.807, 2.05) is 42.6 Å². The summed E-state index contributed by atoms with van der Waals surface area (Å²) in [5.74, 6) is 0.421. The lowest BCUT2D eigenvalue weighted by molar-refractivity contribution is -0.130. The van der Waals surface area contributed by atoms with Crippen molar-refractivity contribution in [3.8, 4) is 0 Å². The van der Waals surface area contributed by atoms with Gasteiger partial charge in [0.25, 0.3) is 0 Å². The van der Waals surface area contributed by atoms with Gasteiger partial charge < -0.3 is 10.0 Å². The predicted octanol–water partition coefficient (Wildman–Crippen LogP) is 1.60. The van der Waals surface area contributed by atoms with Gasteiger partial charge in [0.1, 0.15) is 0 Å². The molecule has 1 aliphatic heterocycles. The second-order valence-corrected chi connectivity index (χ2v) is 6.90. The van der Waals surface area contributed by atoms with E-state index < -0.39 is 0 Å². The number of pyridine rings is 1. The molecule has 3 heterocycles. The van der Waals surface area contributed by atoms with Crippen LogP contribution in [-0.4, -0.2) is 50.4 Å². The highest BCUT2D eigenvalue weighted by Gasteiger charge is 2.35. The molecule has 0 spiro atoms. The molecular weight excluding hydrogens is 316 g/mol.